The highest BCUT2D eigenvalue weighted by atomic mass is 19.4. The third-order valence-electron chi connectivity index (χ3n) is 9.52. The van der Waals surface area contributed by atoms with Crippen LogP contribution in [0.4, 0.5) is 26.3 Å². The molecule has 8 atom stereocenters. The molecule has 4 rings (SSSR count). The topological polar surface area (TPSA) is 52.6 Å². The van der Waals surface area contributed by atoms with Crippen LogP contribution in [0.3, 0.4) is 0 Å². The van der Waals surface area contributed by atoms with Crippen LogP contribution >= 0.6 is 0 Å². The van der Waals surface area contributed by atoms with Crippen molar-refractivity contribution in [3.8, 4) is 0 Å². The molecule has 10 heteroatoms. The van der Waals surface area contributed by atoms with E-state index >= 15 is 0 Å². The predicted molar refractivity (Wildman–Crippen MR) is 104 cm³/mol. The maximum atomic E-state index is 12.8. The summed E-state index contributed by atoms with van der Waals surface area (Å²) in [6.45, 7) is 4.12. The van der Waals surface area contributed by atoms with Gasteiger partial charge in [-0.3, -0.25) is 0 Å². The number of halogens is 6. The zero-order valence-electron chi connectivity index (χ0n) is 18.7. The Kier molecular flexibility index (Phi) is 6.00. The number of alkyl halides is 6. The summed E-state index contributed by atoms with van der Waals surface area (Å²) in [5.41, 5.74) is -0.600. The Hall–Kier alpha value is -1.48. The molecule has 0 aliphatic heterocycles. The summed E-state index contributed by atoms with van der Waals surface area (Å²) in [5.74, 6) is -3.37. The van der Waals surface area contributed by atoms with E-state index in [1.165, 1.54) is 0 Å². The fourth-order valence-corrected chi connectivity index (χ4v) is 7.89. The van der Waals surface area contributed by atoms with Crippen LogP contribution in [0, 0.1) is 34.5 Å². The first-order valence-corrected chi connectivity index (χ1v) is 11.7. The van der Waals surface area contributed by atoms with E-state index < -0.39 is 41.9 Å². The highest BCUT2D eigenvalue weighted by molar-refractivity contribution is 5.76. The summed E-state index contributed by atoms with van der Waals surface area (Å²) >= 11 is 0. The number of rotatable bonds is 2. The molecular formula is C23H30F6O4. The van der Waals surface area contributed by atoms with E-state index in [-0.39, 0.29) is 23.2 Å². The van der Waals surface area contributed by atoms with Gasteiger partial charge in [0.1, 0.15) is 12.2 Å². The summed E-state index contributed by atoms with van der Waals surface area (Å²) in [6.07, 6.45) is -5.84. The molecule has 0 spiro atoms. The van der Waals surface area contributed by atoms with Gasteiger partial charge in [-0.1, -0.05) is 13.8 Å². The van der Waals surface area contributed by atoms with Gasteiger partial charge in [0.05, 0.1) is 0 Å². The molecule has 0 radical (unpaired) electrons. The van der Waals surface area contributed by atoms with Gasteiger partial charge in [0.25, 0.3) is 0 Å². The first kappa shape index (κ1) is 24.6. The van der Waals surface area contributed by atoms with Gasteiger partial charge in [-0.2, -0.15) is 26.3 Å². The molecular weight excluding hydrogens is 454 g/mol. The lowest BCUT2D eigenvalue weighted by Gasteiger charge is -2.60. The molecule has 0 bridgehead atoms. The average molecular weight is 484 g/mol. The smallest absolute Gasteiger partial charge is 0.456 e. The van der Waals surface area contributed by atoms with Crippen molar-refractivity contribution in [3.05, 3.63) is 0 Å². The molecule has 33 heavy (non-hydrogen) atoms. The summed E-state index contributed by atoms with van der Waals surface area (Å²) in [5, 5.41) is 0. The van der Waals surface area contributed by atoms with Crippen LogP contribution < -0.4 is 0 Å². The van der Waals surface area contributed by atoms with E-state index in [9.17, 15) is 35.9 Å². The quantitative estimate of drug-likeness (QED) is 0.358. The van der Waals surface area contributed by atoms with Gasteiger partial charge in [-0.05, 0) is 86.9 Å². The molecule has 0 heterocycles. The molecule has 0 N–H and O–H groups in total. The molecule has 0 unspecified atom stereocenters. The van der Waals surface area contributed by atoms with Crippen molar-refractivity contribution in [2.75, 3.05) is 0 Å². The minimum absolute atomic E-state index is 0.105. The van der Waals surface area contributed by atoms with Gasteiger partial charge in [-0.25, -0.2) is 9.59 Å². The third kappa shape index (κ3) is 4.24. The Morgan fingerprint density at radius 1 is 0.727 bits per heavy atom. The third-order valence-corrected chi connectivity index (χ3v) is 9.52. The molecule has 0 saturated heterocycles. The van der Waals surface area contributed by atoms with Gasteiger partial charge in [0, 0.05) is 5.41 Å². The standard InChI is InChI=1S/C23H30F6O4/c1-20-9-7-13(32-18(30)22(24,25)26)11-12(20)3-4-14-15-5-6-17(33-19(31)23(27,28)29)21(15,2)10-8-16(14)20/h12-17H,3-11H2,1-2H3/t12-,13+,14+,15+,16+,17+,20+,21+/m1/s1. The minimum atomic E-state index is -5.01. The monoisotopic (exact) mass is 484 g/mol. The van der Waals surface area contributed by atoms with Crippen LogP contribution in [0.1, 0.15) is 71.6 Å². The summed E-state index contributed by atoms with van der Waals surface area (Å²) < 4.78 is 85.8. The SMILES string of the molecule is C[C@]12CC[C@H](OC(=O)C(F)(F)F)C[C@H]1CC[C@@H]1[C@@H]2CC[C@]2(C)[C@@H](OC(=O)C(F)(F)F)CC[C@@H]12. The van der Waals surface area contributed by atoms with Crippen molar-refractivity contribution in [1.82, 2.24) is 0 Å². The first-order chi connectivity index (χ1) is 15.2. The van der Waals surface area contributed by atoms with E-state index in [2.05, 4.69) is 6.92 Å². The molecule has 188 valence electrons. The number of carbonyl (C=O) groups is 2. The van der Waals surface area contributed by atoms with Gasteiger partial charge in [-0.15, -0.1) is 0 Å². The maximum absolute atomic E-state index is 12.8. The Morgan fingerprint density at radius 3 is 1.94 bits per heavy atom. The van der Waals surface area contributed by atoms with Crippen molar-refractivity contribution in [3.63, 3.8) is 0 Å². The predicted octanol–water partition coefficient (Wildman–Crippen LogP) is 5.98. The van der Waals surface area contributed by atoms with Gasteiger partial charge >= 0.3 is 24.3 Å². The van der Waals surface area contributed by atoms with Crippen LogP contribution in [0.5, 0.6) is 0 Å². The van der Waals surface area contributed by atoms with Crippen LogP contribution in [-0.2, 0) is 19.1 Å². The molecule has 0 aromatic rings. The van der Waals surface area contributed by atoms with E-state index in [1.807, 2.05) is 6.92 Å². The second-order valence-electron chi connectivity index (χ2n) is 11.0. The summed E-state index contributed by atoms with van der Waals surface area (Å²) in [6, 6.07) is 0. The number of hydrogen-bond acceptors (Lipinski definition) is 4. The zero-order valence-corrected chi connectivity index (χ0v) is 18.7. The highest BCUT2D eigenvalue weighted by Crippen LogP contribution is 2.66. The van der Waals surface area contributed by atoms with Crippen molar-refractivity contribution in [2.45, 2.75) is 96.2 Å². The number of fused-ring (bicyclic) bond motifs is 5. The van der Waals surface area contributed by atoms with Crippen molar-refractivity contribution in [2.24, 2.45) is 34.5 Å². The van der Waals surface area contributed by atoms with Crippen LogP contribution in [0.25, 0.3) is 0 Å². The average Bonchev–Trinajstić information content (AvgIpc) is 3.03. The Balaban J connectivity index is 1.45. The van der Waals surface area contributed by atoms with Crippen LogP contribution in [-0.4, -0.2) is 36.5 Å². The molecule has 0 aromatic carbocycles. The normalized spacial score (nSPS) is 43.2. The number of ether oxygens (including phenoxy) is 2. The second-order valence-corrected chi connectivity index (χ2v) is 11.0. The van der Waals surface area contributed by atoms with E-state index in [0.29, 0.717) is 44.4 Å². The highest BCUT2D eigenvalue weighted by Gasteiger charge is 2.62. The first-order valence-electron chi connectivity index (χ1n) is 11.7. The Labute approximate surface area is 188 Å². The molecule has 4 nitrogen and oxygen atoms in total. The molecule has 4 aliphatic rings. The van der Waals surface area contributed by atoms with E-state index in [0.717, 1.165) is 19.3 Å². The van der Waals surface area contributed by atoms with Gasteiger partial charge < -0.3 is 9.47 Å². The largest absolute Gasteiger partial charge is 0.490 e. The molecule has 0 amide bonds. The van der Waals surface area contributed by atoms with Crippen LogP contribution in [0.2, 0.25) is 0 Å². The molecule has 4 aliphatic carbocycles. The van der Waals surface area contributed by atoms with Gasteiger partial charge in [0.15, 0.2) is 0 Å². The second kappa shape index (κ2) is 8.04. The lowest BCUT2D eigenvalue weighted by atomic mass is 9.45. The van der Waals surface area contributed by atoms with Crippen molar-refractivity contribution >= 4 is 11.9 Å². The zero-order chi connectivity index (χ0) is 24.4. The fraction of sp³-hybridized carbons (Fsp3) is 0.913. The molecule has 0 aromatic heterocycles. The number of carbonyl (C=O) groups excluding carboxylic acids is 2. The maximum Gasteiger partial charge on any atom is 0.490 e. The summed E-state index contributed by atoms with van der Waals surface area (Å²) in [4.78, 5) is 22.8. The minimum Gasteiger partial charge on any atom is -0.456 e. The summed E-state index contributed by atoms with van der Waals surface area (Å²) in [7, 11) is 0. The van der Waals surface area contributed by atoms with E-state index in [4.69, 9.17) is 9.47 Å². The number of esters is 2. The van der Waals surface area contributed by atoms with Crippen LogP contribution in [0.15, 0.2) is 0 Å². The Bertz CT molecular complexity index is 795. The van der Waals surface area contributed by atoms with Crippen molar-refractivity contribution < 1.29 is 45.4 Å². The lowest BCUT2D eigenvalue weighted by Crippen LogP contribution is -2.55. The fourth-order valence-electron chi connectivity index (χ4n) is 7.89. The van der Waals surface area contributed by atoms with Gasteiger partial charge in [0.2, 0.25) is 0 Å². The van der Waals surface area contributed by atoms with Crippen molar-refractivity contribution in [1.29, 1.82) is 0 Å². The number of hydrogen-bond donors (Lipinski definition) is 0. The Morgan fingerprint density at radius 2 is 1.30 bits per heavy atom. The molecule has 4 fully saturated rings. The molecule has 4 saturated carbocycles. The lowest BCUT2D eigenvalue weighted by molar-refractivity contribution is -0.215. The van der Waals surface area contributed by atoms with E-state index in [1.54, 1.807) is 0 Å².